The smallest absolute Gasteiger partial charge is 0.243 e. The second-order valence-corrected chi connectivity index (χ2v) is 4.58. The van der Waals surface area contributed by atoms with E-state index in [-0.39, 0.29) is 0 Å². The van der Waals surface area contributed by atoms with Crippen LogP contribution in [-0.4, -0.2) is 20.6 Å². The number of nitrogens with zero attached hydrogens (tertiary/aromatic N) is 3. The summed E-state index contributed by atoms with van der Waals surface area (Å²) in [6.45, 7) is 6.43. The lowest BCUT2D eigenvalue weighted by Crippen LogP contribution is -2.15. The molecule has 0 bridgehead atoms. The van der Waals surface area contributed by atoms with Crippen LogP contribution in [0.5, 0.6) is 0 Å². The molecular formula is C13H20N4. The van der Waals surface area contributed by atoms with Crippen molar-refractivity contribution >= 4 is 11.6 Å². The highest BCUT2D eigenvalue weighted by Gasteiger charge is 2.07. The fraction of sp³-hybridized carbons (Fsp3) is 0.538. The molecule has 0 aliphatic heterocycles. The third-order valence-corrected chi connectivity index (χ3v) is 2.92. The Morgan fingerprint density at radius 2 is 2.29 bits per heavy atom. The molecule has 4 heteroatoms. The summed E-state index contributed by atoms with van der Waals surface area (Å²) in [4.78, 5) is 4.50. The summed E-state index contributed by atoms with van der Waals surface area (Å²) in [6, 6.07) is 4.46. The minimum absolute atomic E-state index is 0.424. The van der Waals surface area contributed by atoms with E-state index in [0.717, 1.165) is 23.6 Å². The predicted molar refractivity (Wildman–Crippen MR) is 70.3 cm³/mol. The van der Waals surface area contributed by atoms with Crippen LogP contribution in [0.25, 0.3) is 5.65 Å². The van der Waals surface area contributed by atoms with Gasteiger partial charge in [-0.05, 0) is 31.9 Å². The van der Waals surface area contributed by atoms with E-state index in [0.29, 0.717) is 6.04 Å². The molecule has 0 aromatic carbocycles. The van der Waals surface area contributed by atoms with Crippen molar-refractivity contribution in [2.24, 2.45) is 0 Å². The molecule has 0 saturated carbocycles. The average Bonchev–Trinajstić information content (AvgIpc) is 2.70. The number of rotatable bonds is 5. The molecular weight excluding hydrogens is 212 g/mol. The molecule has 0 aliphatic rings. The Balaban J connectivity index is 2.11. The second kappa shape index (κ2) is 5.17. The van der Waals surface area contributed by atoms with Gasteiger partial charge in [0.1, 0.15) is 0 Å². The number of unbranched alkanes of at least 4 members (excludes halogenated alkanes) is 1. The van der Waals surface area contributed by atoms with E-state index in [4.69, 9.17) is 0 Å². The number of nitrogens with one attached hydrogen (secondary N) is 1. The standard InChI is InChI=1S/C13H20N4/c1-4-5-8-11(3)14-13-15-12-10(2)7-6-9-17(12)16-13/h6-7,9,11H,4-5,8H2,1-3H3,(H,14,16). The Bertz CT molecular complexity index is 489. The lowest BCUT2D eigenvalue weighted by molar-refractivity contribution is 0.640. The lowest BCUT2D eigenvalue weighted by Gasteiger charge is -2.10. The minimum Gasteiger partial charge on any atom is -0.350 e. The Morgan fingerprint density at radius 3 is 3.00 bits per heavy atom. The third kappa shape index (κ3) is 2.75. The van der Waals surface area contributed by atoms with Crippen molar-refractivity contribution in [3.8, 4) is 0 Å². The molecule has 1 N–H and O–H groups in total. The monoisotopic (exact) mass is 232 g/mol. The van der Waals surface area contributed by atoms with E-state index >= 15 is 0 Å². The van der Waals surface area contributed by atoms with E-state index in [9.17, 15) is 0 Å². The highest BCUT2D eigenvalue weighted by atomic mass is 15.3. The molecule has 0 radical (unpaired) electrons. The molecule has 0 aliphatic carbocycles. The van der Waals surface area contributed by atoms with E-state index in [1.807, 2.05) is 29.8 Å². The summed E-state index contributed by atoms with van der Waals surface area (Å²) in [6.07, 6.45) is 5.55. The van der Waals surface area contributed by atoms with Crippen molar-refractivity contribution in [2.45, 2.75) is 46.1 Å². The number of anilines is 1. The van der Waals surface area contributed by atoms with Crippen LogP contribution < -0.4 is 5.32 Å². The van der Waals surface area contributed by atoms with Crippen LogP contribution in [0.4, 0.5) is 5.95 Å². The highest BCUT2D eigenvalue weighted by molar-refractivity contribution is 5.49. The van der Waals surface area contributed by atoms with Gasteiger partial charge in [0.2, 0.25) is 5.95 Å². The number of aromatic nitrogens is 3. The van der Waals surface area contributed by atoms with E-state index in [1.54, 1.807) is 0 Å². The van der Waals surface area contributed by atoms with Gasteiger partial charge in [-0.15, -0.1) is 5.10 Å². The van der Waals surface area contributed by atoms with Gasteiger partial charge in [-0.25, -0.2) is 4.52 Å². The van der Waals surface area contributed by atoms with Gasteiger partial charge in [0, 0.05) is 12.2 Å². The molecule has 2 heterocycles. The zero-order chi connectivity index (χ0) is 12.3. The second-order valence-electron chi connectivity index (χ2n) is 4.58. The van der Waals surface area contributed by atoms with Crippen molar-refractivity contribution in [3.05, 3.63) is 23.9 Å². The number of pyridine rings is 1. The normalized spacial score (nSPS) is 12.9. The van der Waals surface area contributed by atoms with Crippen LogP contribution in [0.15, 0.2) is 18.3 Å². The summed E-state index contributed by atoms with van der Waals surface area (Å²) < 4.78 is 1.82. The predicted octanol–water partition coefficient (Wildman–Crippen LogP) is 3.03. The first kappa shape index (κ1) is 11.9. The fourth-order valence-corrected chi connectivity index (χ4v) is 1.90. The molecule has 0 spiro atoms. The first-order valence-electron chi connectivity index (χ1n) is 6.29. The Morgan fingerprint density at radius 1 is 1.47 bits per heavy atom. The molecule has 2 aromatic heterocycles. The lowest BCUT2D eigenvalue weighted by atomic mass is 10.1. The maximum Gasteiger partial charge on any atom is 0.243 e. The molecule has 0 saturated heterocycles. The molecule has 1 unspecified atom stereocenters. The average molecular weight is 232 g/mol. The zero-order valence-corrected chi connectivity index (χ0v) is 10.8. The van der Waals surface area contributed by atoms with E-state index in [1.165, 1.54) is 12.8 Å². The largest absolute Gasteiger partial charge is 0.350 e. The van der Waals surface area contributed by atoms with Crippen molar-refractivity contribution < 1.29 is 0 Å². The summed E-state index contributed by atoms with van der Waals surface area (Å²) >= 11 is 0. The SMILES string of the molecule is CCCCC(C)Nc1nc2c(C)cccn2n1. The summed E-state index contributed by atoms with van der Waals surface area (Å²) in [7, 11) is 0. The molecule has 2 rings (SSSR count). The molecule has 4 nitrogen and oxygen atoms in total. The number of aryl methyl sites for hydroxylation is 1. The third-order valence-electron chi connectivity index (χ3n) is 2.92. The van der Waals surface area contributed by atoms with Crippen molar-refractivity contribution in [2.75, 3.05) is 5.32 Å². The molecule has 17 heavy (non-hydrogen) atoms. The zero-order valence-electron chi connectivity index (χ0n) is 10.8. The van der Waals surface area contributed by atoms with E-state index < -0.39 is 0 Å². The summed E-state index contributed by atoms with van der Waals surface area (Å²) in [5.74, 6) is 0.725. The molecule has 2 aromatic rings. The van der Waals surface area contributed by atoms with Gasteiger partial charge in [0.05, 0.1) is 0 Å². The van der Waals surface area contributed by atoms with E-state index in [2.05, 4.69) is 29.2 Å². The Labute approximate surface area is 102 Å². The maximum atomic E-state index is 4.50. The Hall–Kier alpha value is -1.58. The van der Waals surface area contributed by atoms with Gasteiger partial charge in [0.15, 0.2) is 5.65 Å². The van der Waals surface area contributed by atoms with Crippen molar-refractivity contribution in [1.82, 2.24) is 14.6 Å². The first-order chi connectivity index (χ1) is 8.20. The van der Waals surface area contributed by atoms with Crippen LogP contribution >= 0.6 is 0 Å². The first-order valence-corrected chi connectivity index (χ1v) is 6.29. The van der Waals surface area contributed by atoms with Gasteiger partial charge < -0.3 is 5.32 Å². The van der Waals surface area contributed by atoms with Gasteiger partial charge in [-0.3, -0.25) is 0 Å². The molecule has 0 amide bonds. The molecule has 1 atom stereocenters. The summed E-state index contributed by atoms with van der Waals surface area (Å²) in [5, 5.41) is 7.77. The Kier molecular flexibility index (Phi) is 3.61. The van der Waals surface area contributed by atoms with Crippen LogP contribution in [0.3, 0.4) is 0 Å². The van der Waals surface area contributed by atoms with Gasteiger partial charge in [-0.1, -0.05) is 25.8 Å². The fourth-order valence-electron chi connectivity index (χ4n) is 1.90. The van der Waals surface area contributed by atoms with Gasteiger partial charge in [-0.2, -0.15) is 4.98 Å². The van der Waals surface area contributed by atoms with Crippen LogP contribution in [0, 0.1) is 6.92 Å². The molecule has 92 valence electrons. The van der Waals surface area contributed by atoms with Crippen LogP contribution in [0.2, 0.25) is 0 Å². The van der Waals surface area contributed by atoms with Crippen LogP contribution in [-0.2, 0) is 0 Å². The molecule has 0 fully saturated rings. The quantitative estimate of drug-likeness (QED) is 0.861. The topological polar surface area (TPSA) is 42.2 Å². The minimum atomic E-state index is 0.424. The van der Waals surface area contributed by atoms with Crippen LogP contribution in [0.1, 0.15) is 38.7 Å². The number of hydrogen-bond donors (Lipinski definition) is 1. The van der Waals surface area contributed by atoms with Gasteiger partial charge in [0.25, 0.3) is 0 Å². The van der Waals surface area contributed by atoms with Gasteiger partial charge >= 0.3 is 0 Å². The highest BCUT2D eigenvalue weighted by Crippen LogP contribution is 2.12. The maximum absolute atomic E-state index is 4.50. The number of fused-ring (bicyclic) bond motifs is 1. The van der Waals surface area contributed by atoms with Crippen molar-refractivity contribution in [3.63, 3.8) is 0 Å². The number of hydrogen-bond acceptors (Lipinski definition) is 3. The van der Waals surface area contributed by atoms with Crippen molar-refractivity contribution in [1.29, 1.82) is 0 Å². The summed E-state index contributed by atoms with van der Waals surface area (Å²) in [5.41, 5.74) is 2.08.